The molecule has 0 atom stereocenters. The number of ether oxygens (including phenoxy) is 1. The Morgan fingerprint density at radius 3 is 2.50 bits per heavy atom. The van der Waals surface area contributed by atoms with Crippen molar-refractivity contribution in [2.45, 2.75) is 12.6 Å². The number of hydrogen-bond acceptors (Lipinski definition) is 1. The van der Waals surface area contributed by atoms with Crippen LogP contribution in [0.15, 0.2) is 23.5 Å². The largest absolute Gasteiger partial charge is 0.500 e. The molecule has 1 rings (SSSR count). The fourth-order valence-electron chi connectivity index (χ4n) is 0.988. The Morgan fingerprint density at radius 1 is 1.42 bits per heavy atom. The van der Waals surface area contributed by atoms with Crippen molar-refractivity contribution in [3.05, 3.63) is 29.9 Å². The zero-order valence-electron chi connectivity index (χ0n) is 6.48. The molecule has 67 valence electrons. The van der Waals surface area contributed by atoms with E-state index in [0.29, 0.717) is 0 Å². The topological polar surface area (TPSA) is 9.23 Å². The monoisotopic (exact) mass is 177 g/mol. The molecule has 0 aromatic rings. The third-order valence-corrected chi connectivity index (χ3v) is 1.55. The van der Waals surface area contributed by atoms with Gasteiger partial charge in [0.15, 0.2) is 0 Å². The molecule has 1 aliphatic rings. The summed E-state index contributed by atoms with van der Waals surface area (Å²) in [6, 6.07) is 0. The van der Waals surface area contributed by atoms with Crippen molar-refractivity contribution < 1.29 is 17.9 Å². The number of alkyl halides is 3. The van der Waals surface area contributed by atoms with E-state index in [1.165, 1.54) is 13.2 Å². The predicted molar refractivity (Wildman–Crippen MR) is 38.1 cm³/mol. The Labute approximate surface area is 68.5 Å². The highest BCUT2D eigenvalue weighted by Gasteiger charge is 2.36. The number of methoxy groups -OCH3 is 1. The van der Waals surface area contributed by atoms with Crippen molar-refractivity contribution in [1.29, 1.82) is 0 Å². The molecule has 0 amide bonds. The van der Waals surface area contributed by atoms with E-state index in [9.17, 15) is 13.2 Å². The van der Waals surface area contributed by atoms with Gasteiger partial charge in [0.05, 0.1) is 12.7 Å². The number of allylic oxidation sites excluding steroid dienone is 4. The van der Waals surface area contributed by atoms with Crippen LogP contribution in [0.3, 0.4) is 0 Å². The normalized spacial score (nSPS) is 18.3. The minimum atomic E-state index is -4.31. The highest BCUT2D eigenvalue weighted by Crippen LogP contribution is 2.33. The summed E-state index contributed by atoms with van der Waals surface area (Å²) in [4.78, 5) is 0. The minimum Gasteiger partial charge on any atom is -0.500 e. The van der Waals surface area contributed by atoms with E-state index < -0.39 is 11.7 Å². The highest BCUT2D eigenvalue weighted by atomic mass is 19.4. The van der Waals surface area contributed by atoms with Crippen molar-refractivity contribution >= 4 is 0 Å². The molecule has 0 aliphatic heterocycles. The molecular formula is C8H8F3O. The molecule has 12 heavy (non-hydrogen) atoms. The van der Waals surface area contributed by atoms with Crippen LogP contribution >= 0.6 is 0 Å². The molecule has 0 heterocycles. The molecule has 0 bridgehead atoms. The lowest BCUT2D eigenvalue weighted by molar-refractivity contribution is -0.0916. The van der Waals surface area contributed by atoms with Crippen LogP contribution in [0.25, 0.3) is 0 Å². The SMILES string of the molecule is COC1=C(C(F)(F)F)C=C[CH]C1. The van der Waals surface area contributed by atoms with Crippen LogP contribution in [0.5, 0.6) is 0 Å². The lowest BCUT2D eigenvalue weighted by Gasteiger charge is -2.16. The van der Waals surface area contributed by atoms with Crippen LogP contribution in [0, 0.1) is 6.42 Å². The zero-order valence-corrected chi connectivity index (χ0v) is 6.48. The first-order chi connectivity index (χ1) is 5.55. The van der Waals surface area contributed by atoms with Crippen molar-refractivity contribution in [2.24, 2.45) is 0 Å². The average molecular weight is 177 g/mol. The summed E-state index contributed by atoms with van der Waals surface area (Å²) in [5, 5.41) is 0. The van der Waals surface area contributed by atoms with Crippen LogP contribution in [0.2, 0.25) is 0 Å². The second-order valence-corrected chi connectivity index (χ2v) is 2.34. The smallest absolute Gasteiger partial charge is 0.419 e. The first-order valence-corrected chi connectivity index (χ1v) is 3.40. The molecule has 1 nitrogen and oxygen atoms in total. The first kappa shape index (κ1) is 9.16. The van der Waals surface area contributed by atoms with Gasteiger partial charge in [-0.05, 0) is 6.42 Å². The van der Waals surface area contributed by atoms with E-state index in [2.05, 4.69) is 4.74 Å². The summed E-state index contributed by atoms with van der Waals surface area (Å²) >= 11 is 0. The fraction of sp³-hybridized carbons (Fsp3) is 0.375. The third kappa shape index (κ3) is 1.81. The van der Waals surface area contributed by atoms with Crippen LogP contribution < -0.4 is 0 Å². The molecule has 0 fully saturated rings. The molecule has 0 aromatic carbocycles. The second-order valence-electron chi connectivity index (χ2n) is 2.34. The first-order valence-electron chi connectivity index (χ1n) is 3.40. The fourth-order valence-corrected chi connectivity index (χ4v) is 0.988. The molecule has 0 N–H and O–H groups in total. The van der Waals surface area contributed by atoms with E-state index in [0.717, 1.165) is 6.08 Å². The summed E-state index contributed by atoms with van der Waals surface area (Å²) in [7, 11) is 1.24. The number of hydrogen-bond donors (Lipinski definition) is 0. The molecule has 4 heteroatoms. The van der Waals surface area contributed by atoms with E-state index in [1.54, 1.807) is 6.42 Å². The Balaban J connectivity index is 2.97. The average Bonchev–Trinajstić information content (AvgIpc) is 2.03. The standard InChI is InChI=1S/C8H8F3O/c1-12-7-5-3-2-4-6(7)8(9,10)11/h2-4H,5H2,1H3. The van der Waals surface area contributed by atoms with Crippen LogP contribution in [-0.2, 0) is 4.74 Å². The zero-order chi connectivity index (χ0) is 9.19. The molecular weight excluding hydrogens is 169 g/mol. The summed E-state index contributed by atoms with van der Waals surface area (Å²) in [5.41, 5.74) is -0.688. The van der Waals surface area contributed by atoms with Gasteiger partial charge in [-0.3, -0.25) is 0 Å². The number of rotatable bonds is 1. The van der Waals surface area contributed by atoms with Gasteiger partial charge in [0.1, 0.15) is 5.76 Å². The maximum atomic E-state index is 12.2. The molecule has 0 saturated carbocycles. The van der Waals surface area contributed by atoms with Gasteiger partial charge in [0.25, 0.3) is 0 Å². The maximum absolute atomic E-state index is 12.2. The van der Waals surface area contributed by atoms with E-state index in [1.807, 2.05) is 0 Å². The molecule has 0 spiro atoms. The van der Waals surface area contributed by atoms with Crippen molar-refractivity contribution in [1.82, 2.24) is 0 Å². The molecule has 1 radical (unpaired) electrons. The summed E-state index contributed by atoms with van der Waals surface area (Å²) in [6.45, 7) is 0. The molecule has 0 saturated heterocycles. The lowest BCUT2D eigenvalue weighted by Crippen LogP contribution is -2.15. The second kappa shape index (κ2) is 3.21. The van der Waals surface area contributed by atoms with Crippen LogP contribution in [0.1, 0.15) is 6.42 Å². The molecule has 0 aromatic heterocycles. The van der Waals surface area contributed by atoms with Gasteiger partial charge in [-0.15, -0.1) is 0 Å². The van der Waals surface area contributed by atoms with Gasteiger partial charge in [0.2, 0.25) is 0 Å². The van der Waals surface area contributed by atoms with E-state index in [4.69, 9.17) is 0 Å². The van der Waals surface area contributed by atoms with Gasteiger partial charge < -0.3 is 4.74 Å². The molecule has 1 aliphatic carbocycles. The lowest BCUT2D eigenvalue weighted by atomic mass is 10.0. The maximum Gasteiger partial charge on any atom is 0.419 e. The van der Waals surface area contributed by atoms with Gasteiger partial charge >= 0.3 is 6.18 Å². The summed E-state index contributed by atoms with van der Waals surface area (Å²) < 4.78 is 41.1. The predicted octanol–water partition coefficient (Wildman–Crippen LogP) is 2.61. The Kier molecular flexibility index (Phi) is 2.45. The quantitative estimate of drug-likeness (QED) is 0.598. The summed E-state index contributed by atoms with van der Waals surface area (Å²) in [6.07, 6.45) is -0.0836. The highest BCUT2D eigenvalue weighted by molar-refractivity contribution is 5.33. The molecule has 0 unspecified atom stereocenters. The van der Waals surface area contributed by atoms with Gasteiger partial charge in [-0.25, -0.2) is 0 Å². The third-order valence-electron chi connectivity index (χ3n) is 1.55. The van der Waals surface area contributed by atoms with Crippen molar-refractivity contribution in [3.63, 3.8) is 0 Å². The van der Waals surface area contributed by atoms with Crippen molar-refractivity contribution in [2.75, 3.05) is 7.11 Å². The Morgan fingerprint density at radius 2 is 2.08 bits per heavy atom. The summed E-state index contributed by atoms with van der Waals surface area (Å²) in [5.74, 6) is -0.0231. The van der Waals surface area contributed by atoms with Gasteiger partial charge in [-0.1, -0.05) is 12.2 Å². The van der Waals surface area contributed by atoms with Crippen LogP contribution in [0.4, 0.5) is 13.2 Å². The van der Waals surface area contributed by atoms with E-state index in [-0.39, 0.29) is 12.2 Å². The van der Waals surface area contributed by atoms with Gasteiger partial charge in [-0.2, -0.15) is 13.2 Å². The van der Waals surface area contributed by atoms with Crippen molar-refractivity contribution in [3.8, 4) is 0 Å². The Bertz CT molecular complexity index is 225. The minimum absolute atomic E-state index is 0.0231. The number of halogens is 3. The van der Waals surface area contributed by atoms with Gasteiger partial charge in [0, 0.05) is 6.42 Å². The Hall–Kier alpha value is -0.930. The van der Waals surface area contributed by atoms with E-state index >= 15 is 0 Å². The van der Waals surface area contributed by atoms with Crippen LogP contribution in [-0.4, -0.2) is 13.3 Å².